The molecule has 1 unspecified atom stereocenters. The highest BCUT2D eigenvalue weighted by atomic mass is 15.2. The van der Waals surface area contributed by atoms with Crippen LogP contribution in [0.4, 0.5) is 5.82 Å². The van der Waals surface area contributed by atoms with Crippen LogP contribution >= 0.6 is 0 Å². The van der Waals surface area contributed by atoms with Crippen LogP contribution in [-0.2, 0) is 0 Å². The van der Waals surface area contributed by atoms with Crippen molar-refractivity contribution in [1.82, 2.24) is 15.3 Å². The predicted octanol–water partition coefficient (Wildman–Crippen LogP) is 1.28. The fourth-order valence-corrected chi connectivity index (χ4v) is 2.05. The van der Waals surface area contributed by atoms with Gasteiger partial charge in [0, 0.05) is 19.6 Å². The Bertz CT molecular complexity index is 358. The van der Waals surface area contributed by atoms with Crippen LogP contribution in [0.1, 0.15) is 24.2 Å². The van der Waals surface area contributed by atoms with Crippen molar-refractivity contribution in [3.63, 3.8) is 0 Å². The predicted molar refractivity (Wildman–Crippen MR) is 65.8 cm³/mol. The van der Waals surface area contributed by atoms with E-state index in [0.29, 0.717) is 6.04 Å². The third kappa shape index (κ3) is 2.50. The average Bonchev–Trinajstić information content (AvgIpc) is 2.74. The maximum Gasteiger partial charge on any atom is 0.147 e. The topological polar surface area (TPSA) is 41.1 Å². The highest BCUT2D eigenvalue weighted by Gasteiger charge is 2.16. The van der Waals surface area contributed by atoms with E-state index in [1.54, 1.807) is 0 Å². The lowest BCUT2D eigenvalue weighted by atomic mass is 10.2. The normalized spacial score (nSPS) is 20.1. The first-order chi connectivity index (χ1) is 7.66. The number of nitrogens with zero attached hydrogens (tertiary/aromatic N) is 3. The van der Waals surface area contributed by atoms with Gasteiger partial charge in [-0.15, -0.1) is 0 Å². The molecular weight excluding hydrogens is 200 g/mol. The van der Waals surface area contributed by atoms with Crippen LogP contribution in [-0.4, -0.2) is 36.1 Å². The third-order valence-electron chi connectivity index (χ3n) is 3.23. The summed E-state index contributed by atoms with van der Waals surface area (Å²) < 4.78 is 0. The quantitative estimate of drug-likeness (QED) is 0.833. The number of rotatable bonds is 3. The zero-order valence-corrected chi connectivity index (χ0v) is 10.3. The van der Waals surface area contributed by atoms with Gasteiger partial charge in [0.05, 0.1) is 17.6 Å². The van der Waals surface area contributed by atoms with Crippen molar-refractivity contribution in [3.05, 3.63) is 17.6 Å². The molecule has 2 rings (SSSR count). The fourth-order valence-electron chi connectivity index (χ4n) is 2.05. The van der Waals surface area contributed by atoms with E-state index in [9.17, 15) is 0 Å². The Kier molecular flexibility index (Phi) is 3.39. The second kappa shape index (κ2) is 4.78. The molecule has 16 heavy (non-hydrogen) atoms. The van der Waals surface area contributed by atoms with E-state index in [4.69, 9.17) is 0 Å². The largest absolute Gasteiger partial charge is 0.357 e. The van der Waals surface area contributed by atoms with Crippen LogP contribution in [0.3, 0.4) is 0 Å². The Morgan fingerprint density at radius 3 is 2.88 bits per heavy atom. The minimum atomic E-state index is 0.605. The molecular formula is C12H20N4. The summed E-state index contributed by atoms with van der Waals surface area (Å²) >= 11 is 0. The van der Waals surface area contributed by atoms with Crippen LogP contribution in [0.5, 0.6) is 0 Å². The van der Waals surface area contributed by atoms with Gasteiger partial charge >= 0.3 is 0 Å². The molecule has 88 valence electrons. The smallest absolute Gasteiger partial charge is 0.147 e. The monoisotopic (exact) mass is 220 g/mol. The van der Waals surface area contributed by atoms with Gasteiger partial charge in [-0.3, -0.25) is 4.98 Å². The van der Waals surface area contributed by atoms with E-state index in [-0.39, 0.29) is 0 Å². The van der Waals surface area contributed by atoms with Crippen LogP contribution in [0.25, 0.3) is 0 Å². The van der Waals surface area contributed by atoms with Crippen molar-refractivity contribution in [1.29, 1.82) is 0 Å². The third-order valence-corrected chi connectivity index (χ3v) is 3.23. The molecule has 4 nitrogen and oxygen atoms in total. The first kappa shape index (κ1) is 11.3. The molecule has 0 amide bonds. The first-order valence-corrected chi connectivity index (χ1v) is 5.91. The van der Waals surface area contributed by atoms with Crippen molar-refractivity contribution in [2.75, 3.05) is 25.0 Å². The SMILES string of the molecule is Cc1ncc(N(C)CC2CCCN2)nc1C. The molecule has 0 aliphatic carbocycles. The van der Waals surface area contributed by atoms with Crippen molar-refractivity contribution < 1.29 is 0 Å². The molecule has 0 saturated carbocycles. The number of hydrogen-bond donors (Lipinski definition) is 1. The first-order valence-electron chi connectivity index (χ1n) is 5.91. The molecule has 1 saturated heterocycles. The van der Waals surface area contributed by atoms with Gasteiger partial charge in [-0.2, -0.15) is 0 Å². The Morgan fingerprint density at radius 1 is 1.44 bits per heavy atom. The number of aromatic nitrogens is 2. The van der Waals surface area contributed by atoms with E-state index in [1.165, 1.54) is 12.8 Å². The zero-order valence-electron chi connectivity index (χ0n) is 10.3. The summed E-state index contributed by atoms with van der Waals surface area (Å²) in [5, 5.41) is 3.49. The molecule has 1 fully saturated rings. The summed E-state index contributed by atoms with van der Waals surface area (Å²) in [6.07, 6.45) is 4.41. The van der Waals surface area contributed by atoms with Gasteiger partial charge in [0.2, 0.25) is 0 Å². The van der Waals surface area contributed by atoms with Crippen molar-refractivity contribution in [2.45, 2.75) is 32.7 Å². The van der Waals surface area contributed by atoms with Gasteiger partial charge in [-0.1, -0.05) is 0 Å². The van der Waals surface area contributed by atoms with E-state index >= 15 is 0 Å². The molecule has 4 heteroatoms. The summed E-state index contributed by atoms with van der Waals surface area (Å²) in [6, 6.07) is 0.605. The molecule has 0 spiro atoms. The van der Waals surface area contributed by atoms with Crippen LogP contribution in [0.15, 0.2) is 6.20 Å². The van der Waals surface area contributed by atoms with E-state index in [1.807, 2.05) is 20.0 Å². The number of aryl methyl sites for hydroxylation is 2. The number of nitrogens with one attached hydrogen (secondary N) is 1. The molecule has 2 heterocycles. The fraction of sp³-hybridized carbons (Fsp3) is 0.667. The Morgan fingerprint density at radius 2 is 2.25 bits per heavy atom. The molecule has 0 aromatic carbocycles. The standard InChI is InChI=1S/C12H20N4/c1-9-10(2)15-12(7-14-9)16(3)8-11-5-4-6-13-11/h7,11,13H,4-6,8H2,1-3H3. The van der Waals surface area contributed by atoms with E-state index < -0.39 is 0 Å². The van der Waals surface area contributed by atoms with Crippen LogP contribution in [0, 0.1) is 13.8 Å². The summed E-state index contributed by atoms with van der Waals surface area (Å²) in [6.45, 7) is 6.16. The minimum Gasteiger partial charge on any atom is -0.357 e. The average molecular weight is 220 g/mol. The van der Waals surface area contributed by atoms with E-state index in [0.717, 1.165) is 30.3 Å². The molecule has 1 N–H and O–H groups in total. The van der Waals surface area contributed by atoms with Gasteiger partial charge in [-0.25, -0.2) is 4.98 Å². The summed E-state index contributed by atoms with van der Waals surface area (Å²) in [7, 11) is 2.08. The summed E-state index contributed by atoms with van der Waals surface area (Å²) in [4.78, 5) is 11.1. The lowest BCUT2D eigenvalue weighted by Crippen LogP contribution is -2.35. The molecule has 1 atom stereocenters. The van der Waals surface area contributed by atoms with Gasteiger partial charge in [0.1, 0.15) is 5.82 Å². The molecule has 1 aliphatic rings. The second-order valence-electron chi connectivity index (χ2n) is 4.57. The lowest BCUT2D eigenvalue weighted by molar-refractivity contribution is 0.596. The Hall–Kier alpha value is -1.16. The van der Waals surface area contributed by atoms with Crippen molar-refractivity contribution in [3.8, 4) is 0 Å². The molecule has 1 aromatic rings. The van der Waals surface area contributed by atoms with Crippen LogP contribution in [0.2, 0.25) is 0 Å². The number of anilines is 1. The Labute approximate surface area is 97.1 Å². The number of likely N-dealkylation sites (N-methyl/N-ethyl adjacent to an activating group) is 1. The highest BCUT2D eigenvalue weighted by Crippen LogP contribution is 2.13. The van der Waals surface area contributed by atoms with Crippen molar-refractivity contribution >= 4 is 5.82 Å². The highest BCUT2D eigenvalue weighted by molar-refractivity contribution is 5.36. The molecule has 0 radical (unpaired) electrons. The number of hydrogen-bond acceptors (Lipinski definition) is 4. The molecule has 0 bridgehead atoms. The summed E-state index contributed by atoms with van der Waals surface area (Å²) in [5.41, 5.74) is 2.03. The maximum atomic E-state index is 4.55. The Balaban J connectivity index is 2.02. The van der Waals surface area contributed by atoms with Crippen LogP contribution < -0.4 is 10.2 Å². The minimum absolute atomic E-state index is 0.605. The zero-order chi connectivity index (χ0) is 11.5. The van der Waals surface area contributed by atoms with Gasteiger partial charge in [-0.05, 0) is 33.2 Å². The summed E-state index contributed by atoms with van der Waals surface area (Å²) in [5.74, 6) is 0.969. The van der Waals surface area contributed by atoms with Gasteiger partial charge < -0.3 is 10.2 Å². The lowest BCUT2D eigenvalue weighted by Gasteiger charge is -2.22. The van der Waals surface area contributed by atoms with Gasteiger partial charge in [0.15, 0.2) is 0 Å². The molecule has 1 aliphatic heterocycles. The maximum absolute atomic E-state index is 4.55. The molecule has 1 aromatic heterocycles. The second-order valence-corrected chi connectivity index (χ2v) is 4.57. The van der Waals surface area contributed by atoms with E-state index in [2.05, 4.69) is 27.2 Å². The van der Waals surface area contributed by atoms with Gasteiger partial charge in [0.25, 0.3) is 0 Å². The van der Waals surface area contributed by atoms with Crippen molar-refractivity contribution in [2.24, 2.45) is 0 Å².